The highest BCUT2D eigenvalue weighted by Crippen LogP contribution is 2.39. The van der Waals surface area contributed by atoms with Crippen LogP contribution in [0.15, 0.2) is 65.7 Å². The lowest BCUT2D eigenvalue weighted by molar-refractivity contribution is 0.0953. The van der Waals surface area contributed by atoms with Crippen molar-refractivity contribution >= 4 is 29.0 Å². The second-order valence-corrected chi connectivity index (χ2v) is 9.97. The SMILES string of the molecule is Cc1cc(/N=C(\OC(C)C)c2ccccc2C)ccc1C(=O)C1CCCC(O)c2cc(Cl)ccc21. The number of Topliss-reactive ketones (excluding diaryl/α,β-unsaturated/α-hetero) is 1. The van der Waals surface area contributed by atoms with Crippen molar-refractivity contribution in [3.8, 4) is 0 Å². The summed E-state index contributed by atoms with van der Waals surface area (Å²) in [5.41, 5.74) is 5.95. The standard InChI is InChI=1S/C30H32ClNO3/c1-18(2)35-30(24-9-6-5-8-19(24)3)32-22-13-15-23(20(4)16-22)29(34)26-10-7-11-28(33)27-17-21(31)12-14-25(26)27/h5-6,8-9,12-18,26,28,33H,7,10-11H2,1-4H3/b32-30-. The van der Waals surface area contributed by atoms with Gasteiger partial charge in [-0.3, -0.25) is 4.79 Å². The molecule has 35 heavy (non-hydrogen) atoms. The zero-order chi connectivity index (χ0) is 25.1. The Labute approximate surface area is 212 Å². The van der Waals surface area contributed by atoms with E-state index in [9.17, 15) is 9.90 Å². The van der Waals surface area contributed by atoms with Gasteiger partial charge in [-0.05, 0) is 106 Å². The Morgan fingerprint density at radius 1 is 0.971 bits per heavy atom. The van der Waals surface area contributed by atoms with Crippen molar-refractivity contribution in [2.24, 2.45) is 4.99 Å². The maximum Gasteiger partial charge on any atom is 0.221 e. The third-order valence-electron chi connectivity index (χ3n) is 6.50. The highest BCUT2D eigenvalue weighted by molar-refractivity contribution is 6.30. The molecule has 0 amide bonds. The second-order valence-electron chi connectivity index (χ2n) is 9.53. The average molecular weight is 490 g/mol. The van der Waals surface area contributed by atoms with Gasteiger partial charge in [0.15, 0.2) is 5.78 Å². The van der Waals surface area contributed by atoms with Gasteiger partial charge in [0.05, 0.1) is 17.9 Å². The maximum atomic E-state index is 13.7. The maximum absolute atomic E-state index is 13.7. The van der Waals surface area contributed by atoms with Crippen molar-refractivity contribution < 1.29 is 14.6 Å². The number of rotatable bonds is 5. The second kappa shape index (κ2) is 10.8. The third-order valence-corrected chi connectivity index (χ3v) is 6.73. The highest BCUT2D eigenvalue weighted by atomic mass is 35.5. The number of halogens is 1. The van der Waals surface area contributed by atoms with Crippen LogP contribution < -0.4 is 0 Å². The van der Waals surface area contributed by atoms with E-state index in [1.807, 2.05) is 76.2 Å². The van der Waals surface area contributed by atoms with Crippen LogP contribution >= 0.6 is 11.6 Å². The summed E-state index contributed by atoms with van der Waals surface area (Å²) >= 11 is 6.19. The van der Waals surface area contributed by atoms with Crippen LogP contribution in [0.25, 0.3) is 0 Å². The van der Waals surface area contributed by atoms with Crippen LogP contribution in [0.2, 0.25) is 5.02 Å². The van der Waals surface area contributed by atoms with Gasteiger partial charge in [-0.15, -0.1) is 0 Å². The third kappa shape index (κ3) is 5.66. The highest BCUT2D eigenvalue weighted by Gasteiger charge is 2.30. The quantitative estimate of drug-likeness (QED) is 0.173. The molecule has 5 heteroatoms. The predicted molar refractivity (Wildman–Crippen MR) is 142 cm³/mol. The van der Waals surface area contributed by atoms with Gasteiger partial charge >= 0.3 is 0 Å². The fourth-order valence-electron chi connectivity index (χ4n) is 4.74. The number of carbonyl (C=O) groups excluding carboxylic acids is 1. The van der Waals surface area contributed by atoms with Crippen molar-refractivity contribution in [1.29, 1.82) is 0 Å². The molecule has 0 radical (unpaired) electrons. The summed E-state index contributed by atoms with van der Waals surface area (Å²) in [5, 5.41) is 11.2. The minimum absolute atomic E-state index is 0.0190. The van der Waals surface area contributed by atoms with E-state index in [1.54, 1.807) is 12.1 Å². The van der Waals surface area contributed by atoms with Crippen LogP contribution in [0, 0.1) is 13.8 Å². The van der Waals surface area contributed by atoms with Crippen LogP contribution in [0.3, 0.4) is 0 Å². The number of aliphatic imine (C=N–C) groups is 1. The van der Waals surface area contributed by atoms with Gasteiger partial charge in [0.2, 0.25) is 5.90 Å². The van der Waals surface area contributed by atoms with Gasteiger partial charge < -0.3 is 9.84 Å². The van der Waals surface area contributed by atoms with Crippen molar-refractivity contribution in [3.63, 3.8) is 0 Å². The molecule has 0 aromatic heterocycles. The van der Waals surface area contributed by atoms with Crippen LogP contribution in [-0.4, -0.2) is 22.9 Å². The molecule has 0 fully saturated rings. The molecule has 3 aromatic rings. The van der Waals surface area contributed by atoms with Crippen molar-refractivity contribution in [3.05, 3.63) is 99.1 Å². The summed E-state index contributed by atoms with van der Waals surface area (Å²) in [6, 6.07) is 19.2. The molecule has 0 aliphatic heterocycles. The van der Waals surface area contributed by atoms with Gasteiger partial charge in [-0.2, -0.15) is 0 Å². The van der Waals surface area contributed by atoms with Gasteiger partial charge in [-0.25, -0.2) is 4.99 Å². The van der Waals surface area contributed by atoms with Crippen LogP contribution in [0.4, 0.5) is 5.69 Å². The lowest BCUT2D eigenvalue weighted by Gasteiger charge is -2.19. The minimum atomic E-state index is -0.597. The zero-order valence-electron chi connectivity index (χ0n) is 20.7. The number of aryl methyl sites for hydroxylation is 2. The molecule has 0 saturated heterocycles. The average Bonchev–Trinajstić information content (AvgIpc) is 2.97. The molecule has 3 aromatic carbocycles. The van der Waals surface area contributed by atoms with E-state index >= 15 is 0 Å². The Balaban J connectivity index is 1.68. The molecule has 1 aliphatic rings. The van der Waals surface area contributed by atoms with E-state index in [-0.39, 0.29) is 17.8 Å². The molecule has 4 nitrogen and oxygen atoms in total. The van der Waals surface area contributed by atoms with Gasteiger partial charge in [-0.1, -0.05) is 35.9 Å². The van der Waals surface area contributed by atoms with E-state index in [0.717, 1.165) is 39.9 Å². The van der Waals surface area contributed by atoms with Crippen molar-refractivity contribution in [2.45, 2.75) is 65.1 Å². The van der Waals surface area contributed by atoms with E-state index in [4.69, 9.17) is 21.3 Å². The fraction of sp³-hybridized carbons (Fsp3) is 0.333. The Morgan fingerprint density at radius 3 is 2.46 bits per heavy atom. The fourth-order valence-corrected chi connectivity index (χ4v) is 4.92. The Kier molecular flexibility index (Phi) is 7.73. The first kappa shape index (κ1) is 25.2. The predicted octanol–water partition coefficient (Wildman–Crippen LogP) is 7.64. The molecule has 0 bridgehead atoms. The summed E-state index contributed by atoms with van der Waals surface area (Å²) < 4.78 is 6.06. The lowest BCUT2D eigenvalue weighted by Crippen LogP contribution is -2.15. The zero-order valence-corrected chi connectivity index (χ0v) is 21.5. The topological polar surface area (TPSA) is 58.9 Å². The van der Waals surface area contributed by atoms with Crippen LogP contribution in [0.1, 0.15) is 83.3 Å². The Bertz CT molecular complexity index is 1260. The van der Waals surface area contributed by atoms with E-state index in [0.29, 0.717) is 29.3 Å². The molecule has 0 saturated carbocycles. The summed E-state index contributed by atoms with van der Waals surface area (Å²) in [6.07, 6.45) is 1.48. The number of hydrogen-bond acceptors (Lipinski definition) is 4. The molecule has 2 unspecified atom stereocenters. The first-order valence-electron chi connectivity index (χ1n) is 12.2. The van der Waals surface area contributed by atoms with Crippen molar-refractivity contribution in [2.75, 3.05) is 0 Å². The number of aliphatic hydroxyl groups is 1. The molecule has 2 atom stereocenters. The molecule has 4 rings (SSSR count). The Morgan fingerprint density at radius 2 is 1.74 bits per heavy atom. The van der Waals surface area contributed by atoms with E-state index < -0.39 is 6.10 Å². The van der Waals surface area contributed by atoms with E-state index in [2.05, 4.69) is 0 Å². The minimum Gasteiger partial charge on any atom is -0.474 e. The lowest BCUT2D eigenvalue weighted by atomic mass is 9.84. The smallest absolute Gasteiger partial charge is 0.221 e. The molecule has 182 valence electrons. The number of fused-ring (bicyclic) bond motifs is 1. The molecule has 0 heterocycles. The molecular weight excluding hydrogens is 458 g/mol. The number of ketones is 1. The largest absolute Gasteiger partial charge is 0.474 e. The van der Waals surface area contributed by atoms with Crippen LogP contribution in [0.5, 0.6) is 0 Å². The van der Waals surface area contributed by atoms with Gasteiger partial charge in [0, 0.05) is 22.1 Å². The number of hydrogen-bond donors (Lipinski definition) is 1. The monoisotopic (exact) mass is 489 g/mol. The molecule has 1 N–H and O–H groups in total. The van der Waals surface area contributed by atoms with Gasteiger partial charge in [0.25, 0.3) is 0 Å². The first-order chi connectivity index (χ1) is 16.7. The first-order valence-corrected chi connectivity index (χ1v) is 12.6. The molecule has 0 spiro atoms. The Hall–Kier alpha value is -2.95. The normalized spacial score (nSPS) is 18.2. The summed E-state index contributed by atoms with van der Waals surface area (Å²) in [6.45, 7) is 7.94. The number of aliphatic hydroxyl groups excluding tert-OH is 1. The summed E-state index contributed by atoms with van der Waals surface area (Å²) in [5.74, 6) is 0.327. The molecule has 1 aliphatic carbocycles. The number of benzene rings is 3. The van der Waals surface area contributed by atoms with E-state index in [1.165, 1.54) is 0 Å². The van der Waals surface area contributed by atoms with Crippen LogP contribution in [-0.2, 0) is 4.74 Å². The summed E-state index contributed by atoms with van der Waals surface area (Å²) in [7, 11) is 0. The molecular formula is C30H32ClNO3. The van der Waals surface area contributed by atoms with Crippen molar-refractivity contribution in [1.82, 2.24) is 0 Å². The number of ether oxygens (including phenoxy) is 1. The summed E-state index contributed by atoms with van der Waals surface area (Å²) in [4.78, 5) is 18.5. The number of nitrogens with zero attached hydrogens (tertiary/aromatic N) is 1. The van der Waals surface area contributed by atoms with Gasteiger partial charge in [0.1, 0.15) is 0 Å². The number of carbonyl (C=O) groups is 1.